The standard InChI is InChI=1S/C12H15NO/c1-2-13-9-5-8-12(14)10-6-3-4-7-11(10)13/h3-4,6-7H,2,5,8-9H2,1H3. The fourth-order valence-corrected chi connectivity index (χ4v) is 2.00. The van der Waals surface area contributed by atoms with Gasteiger partial charge in [0.05, 0.1) is 0 Å². The predicted octanol–water partition coefficient (Wildman–Crippen LogP) is 2.49. The van der Waals surface area contributed by atoms with Crippen LogP contribution in [0, 0.1) is 0 Å². The first kappa shape index (κ1) is 9.25. The molecule has 0 unspecified atom stereocenters. The van der Waals surface area contributed by atoms with E-state index in [2.05, 4.69) is 11.8 Å². The second-order valence-corrected chi connectivity index (χ2v) is 3.62. The molecular formula is C12H15NO. The van der Waals surface area contributed by atoms with Crippen molar-refractivity contribution in [1.82, 2.24) is 0 Å². The van der Waals surface area contributed by atoms with Crippen LogP contribution in [0.25, 0.3) is 0 Å². The van der Waals surface area contributed by atoms with Gasteiger partial charge < -0.3 is 4.90 Å². The van der Waals surface area contributed by atoms with E-state index >= 15 is 0 Å². The third-order valence-electron chi connectivity index (χ3n) is 2.76. The van der Waals surface area contributed by atoms with Gasteiger partial charge in [0.25, 0.3) is 0 Å². The predicted molar refractivity (Wildman–Crippen MR) is 57.9 cm³/mol. The molecule has 74 valence electrons. The lowest BCUT2D eigenvalue weighted by Gasteiger charge is -2.22. The molecule has 0 bridgehead atoms. The highest BCUT2D eigenvalue weighted by Crippen LogP contribution is 2.25. The lowest BCUT2D eigenvalue weighted by Crippen LogP contribution is -2.23. The quantitative estimate of drug-likeness (QED) is 0.676. The van der Waals surface area contributed by atoms with Crippen LogP contribution in [0.2, 0.25) is 0 Å². The number of fused-ring (bicyclic) bond motifs is 1. The lowest BCUT2D eigenvalue weighted by atomic mass is 10.1. The zero-order chi connectivity index (χ0) is 9.97. The number of anilines is 1. The van der Waals surface area contributed by atoms with Crippen LogP contribution in [-0.2, 0) is 0 Å². The van der Waals surface area contributed by atoms with Crippen LogP contribution in [0.5, 0.6) is 0 Å². The largest absolute Gasteiger partial charge is 0.371 e. The summed E-state index contributed by atoms with van der Waals surface area (Å²) >= 11 is 0. The smallest absolute Gasteiger partial charge is 0.165 e. The van der Waals surface area contributed by atoms with Gasteiger partial charge in [-0.25, -0.2) is 0 Å². The van der Waals surface area contributed by atoms with Gasteiger partial charge in [-0.2, -0.15) is 0 Å². The molecule has 0 aromatic heterocycles. The number of carbonyl (C=O) groups excluding carboxylic acids is 1. The zero-order valence-electron chi connectivity index (χ0n) is 8.49. The maximum absolute atomic E-state index is 11.7. The minimum atomic E-state index is 0.288. The summed E-state index contributed by atoms with van der Waals surface area (Å²) in [6, 6.07) is 7.92. The molecule has 0 saturated carbocycles. The number of ketones is 1. The Morgan fingerprint density at radius 1 is 1.36 bits per heavy atom. The van der Waals surface area contributed by atoms with E-state index in [-0.39, 0.29) is 5.78 Å². The normalized spacial score (nSPS) is 16.4. The van der Waals surface area contributed by atoms with Crippen molar-refractivity contribution in [2.24, 2.45) is 0 Å². The molecule has 2 heteroatoms. The Kier molecular flexibility index (Phi) is 2.53. The van der Waals surface area contributed by atoms with E-state index in [9.17, 15) is 4.79 Å². The van der Waals surface area contributed by atoms with Gasteiger partial charge in [0.2, 0.25) is 0 Å². The third kappa shape index (κ3) is 1.52. The summed E-state index contributed by atoms with van der Waals surface area (Å²) in [7, 11) is 0. The Morgan fingerprint density at radius 2 is 2.14 bits per heavy atom. The Bertz CT molecular complexity index is 346. The first-order valence-electron chi connectivity index (χ1n) is 5.20. The summed E-state index contributed by atoms with van der Waals surface area (Å²) < 4.78 is 0. The second kappa shape index (κ2) is 3.82. The van der Waals surface area contributed by atoms with Gasteiger partial charge in [-0.15, -0.1) is 0 Å². The average molecular weight is 189 g/mol. The Morgan fingerprint density at radius 3 is 2.93 bits per heavy atom. The zero-order valence-corrected chi connectivity index (χ0v) is 8.49. The van der Waals surface area contributed by atoms with Crippen LogP contribution >= 0.6 is 0 Å². The first-order valence-corrected chi connectivity index (χ1v) is 5.20. The number of benzene rings is 1. The highest BCUT2D eigenvalue weighted by atomic mass is 16.1. The number of rotatable bonds is 1. The summed E-state index contributed by atoms with van der Waals surface area (Å²) in [6.07, 6.45) is 1.66. The summed E-state index contributed by atoms with van der Waals surface area (Å²) in [5.74, 6) is 0.288. The molecule has 0 fully saturated rings. The van der Waals surface area contributed by atoms with E-state index < -0.39 is 0 Å². The van der Waals surface area contributed by atoms with Crippen LogP contribution in [0.15, 0.2) is 24.3 Å². The summed E-state index contributed by atoms with van der Waals surface area (Å²) in [5.41, 5.74) is 2.00. The fraction of sp³-hybridized carbons (Fsp3) is 0.417. The van der Waals surface area contributed by atoms with Crippen LogP contribution in [-0.4, -0.2) is 18.9 Å². The molecule has 1 heterocycles. The molecule has 1 aromatic rings. The second-order valence-electron chi connectivity index (χ2n) is 3.62. The van der Waals surface area contributed by atoms with E-state index in [1.54, 1.807) is 0 Å². The van der Waals surface area contributed by atoms with Crippen molar-refractivity contribution in [3.8, 4) is 0 Å². The van der Waals surface area contributed by atoms with Crippen molar-refractivity contribution >= 4 is 11.5 Å². The average Bonchev–Trinajstić information content (AvgIpc) is 2.39. The molecule has 0 atom stereocenters. The maximum Gasteiger partial charge on any atom is 0.165 e. The van der Waals surface area contributed by atoms with E-state index in [1.165, 1.54) is 0 Å². The SMILES string of the molecule is CCN1CCCC(=O)c2ccccc21. The van der Waals surface area contributed by atoms with Gasteiger partial charge in [-0.3, -0.25) is 4.79 Å². The number of nitrogens with zero attached hydrogens (tertiary/aromatic N) is 1. The Labute approximate surface area is 84.5 Å². The minimum absolute atomic E-state index is 0.288. The van der Waals surface area contributed by atoms with Gasteiger partial charge >= 0.3 is 0 Å². The Balaban J connectivity index is 2.47. The molecule has 0 aliphatic carbocycles. The molecule has 0 radical (unpaired) electrons. The highest BCUT2D eigenvalue weighted by Gasteiger charge is 2.18. The monoisotopic (exact) mass is 189 g/mol. The summed E-state index contributed by atoms with van der Waals surface area (Å²) in [5, 5.41) is 0. The third-order valence-corrected chi connectivity index (χ3v) is 2.76. The van der Waals surface area contributed by atoms with Crippen LogP contribution in [0.3, 0.4) is 0 Å². The highest BCUT2D eigenvalue weighted by molar-refractivity contribution is 6.01. The number of hydrogen-bond donors (Lipinski definition) is 0. The molecule has 1 aliphatic heterocycles. The lowest BCUT2D eigenvalue weighted by molar-refractivity contribution is 0.0984. The molecule has 0 N–H and O–H groups in total. The summed E-state index contributed by atoms with van der Waals surface area (Å²) in [6.45, 7) is 4.11. The van der Waals surface area contributed by atoms with Crippen molar-refractivity contribution in [3.05, 3.63) is 29.8 Å². The first-order chi connectivity index (χ1) is 6.83. The molecule has 1 aliphatic rings. The van der Waals surface area contributed by atoms with Crippen molar-refractivity contribution in [3.63, 3.8) is 0 Å². The topological polar surface area (TPSA) is 20.3 Å². The van der Waals surface area contributed by atoms with E-state index in [0.29, 0.717) is 6.42 Å². The van der Waals surface area contributed by atoms with Crippen molar-refractivity contribution in [1.29, 1.82) is 0 Å². The molecule has 14 heavy (non-hydrogen) atoms. The fourth-order valence-electron chi connectivity index (χ4n) is 2.00. The molecule has 0 saturated heterocycles. The van der Waals surface area contributed by atoms with Gasteiger partial charge in [-0.1, -0.05) is 12.1 Å². The van der Waals surface area contributed by atoms with Gasteiger partial charge in [0, 0.05) is 30.8 Å². The van der Waals surface area contributed by atoms with Crippen molar-refractivity contribution in [2.75, 3.05) is 18.0 Å². The molecule has 2 nitrogen and oxygen atoms in total. The Hall–Kier alpha value is -1.31. The van der Waals surface area contributed by atoms with Gasteiger partial charge in [0.15, 0.2) is 5.78 Å². The minimum Gasteiger partial charge on any atom is -0.371 e. The summed E-state index contributed by atoms with van der Waals surface area (Å²) in [4.78, 5) is 14.0. The van der Waals surface area contributed by atoms with Crippen LogP contribution < -0.4 is 4.90 Å². The van der Waals surface area contributed by atoms with Crippen molar-refractivity contribution < 1.29 is 4.79 Å². The molecule has 2 rings (SSSR count). The van der Waals surface area contributed by atoms with Gasteiger partial charge in [-0.05, 0) is 25.5 Å². The number of carbonyl (C=O) groups is 1. The molecule has 1 aromatic carbocycles. The van der Waals surface area contributed by atoms with Gasteiger partial charge in [0.1, 0.15) is 0 Å². The number of para-hydroxylation sites is 1. The van der Waals surface area contributed by atoms with Crippen LogP contribution in [0.4, 0.5) is 5.69 Å². The van der Waals surface area contributed by atoms with Crippen molar-refractivity contribution in [2.45, 2.75) is 19.8 Å². The molecule has 0 spiro atoms. The number of Topliss-reactive ketones (excluding diaryl/α,β-unsaturated/α-hetero) is 1. The maximum atomic E-state index is 11.7. The molecule has 0 amide bonds. The number of hydrogen-bond acceptors (Lipinski definition) is 2. The van der Waals surface area contributed by atoms with E-state index in [0.717, 1.165) is 30.8 Å². The van der Waals surface area contributed by atoms with E-state index in [1.807, 2.05) is 24.3 Å². The van der Waals surface area contributed by atoms with Crippen LogP contribution in [0.1, 0.15) is 30.1 Å². The molecular weight excluding hydrogens is 174 g/mol. The van der Waals surface area contributed by atoms with E-state index in [4.69, 9.17) is 0 Å².